The van der Waals surface area contributed by atoms with Crippen LogP contribution in [0.25, 0.3) is 0 Å². The Bertz CT molecular complexity index is 680. The van der Waals surface area contributed by atoms with Crippen LogP contribution in [-0.4, -0.2) is 70.4 Å². The lowest BCUT2D eigenvalue weighted by Crippen LogP contribution is -2.53. The van der Waals surface area contributed by atoms with Gasteiger partial charge in [-0.15, -0.1) is 0 Å². The molecule has 13 nitrogen and oxygen atoms in total. The van der Waals surface area contributed by atoms with Crippen LogP contribution in [0.2, 0.25) is 0 Å². The molecule has 0 aliphatic carbocycles. The molecule has 0 spiro atoms. The van der Waals surface area contributed by atoms with E-state index in [1.807, 2.05) is 0 Å². The Balaban J connectivity index is 2.79. The van der Waals surface area contributed by atoms with Crippen LogP contribution >= 0.6 is 0 Å². The first kappa shape index (κ1) is 19.6. The van der Waals surface area contributed by atoms with Crippen molar-refractivity contribution in [3.63, 3.8) is 0 Å². The van der Waals surface area contributed by atoms with E-state index in [1.165, 1.54) is 4.72 Å². The molecule has 3 atom stereocenters. The van der Waals surface area contributed by atoms with Crippen LogP contribution in [0.1, 0.15) is 6.42 Å². The van der Waals surface area contributed by atoms with Gasteiger partial charge in [-0.3, -0.25) is 8.37 Å². The van der Waals surface area contributed by atoms with Gasteiger partial charge in [0, 0.05) is 6.42 Å². The summed E-state index contributed by atoms with van der Waals surface area (Å²) in [5, 5.41) is 0. The molecule has 0 aromatic rings. The van der Waals surface area contributed by atoms with Crippen LogP contribution in [0.4, 0.5) is 0 Å². The number of hydrogen-bond acceptors (Lipinski definition) is 12. The van der Waals surface area contributed by atoms with Crippen LogP contribution in [0.5, 0.6) is 0 Å². The molecule has 132 valence electrons. The second kappa shape index (κ2) is 6.99. The fourth-order valence-electron chi connectivity index (χ4n) is 1.67. The van der Waals surface area contributed by atoms with Gasteiger partial charge < -0.3 is 18.4 Å². The van der Waals surface area contributed by atoms with Crippen molar-refractivity contribution in [1.29, 1.82) is 0 Å². The lowest BCUT2D eigenvalue weighted by molar-refractivity contribution is -0.0692. The molecule has 1 aliphatic rings. The summed E-state index contributed by atoms with van der Waals surface area (Å²) in [5.74, 6) is 0. The van der Waals surface area contributed by atoms with E-state index in [-0.39, 0.29) is 0 Å². The van der Waals surface area contributed by atoms with Gasteiger partial charge in [0.25, 0.3) is 0 Å². The Morgan fingerprint density at radius 3 is 2.09 bits per heavy atom. The summed E-state index contributed by atoms with van der Waals surface area (Å²) in [6.45, 7) is -1.42. The van der Waals surface area contributed by atoms with E-state index >= 15 is 0 Å². The molecule has 1 rings (SSSR count). The molecule has 1 saturated heterocycles. The fourth-order valence-corrected chi connectivity index (χ4v) is 3.09. The van der Waals surface area contributed by atoms with Crippen molar-refractivity contribution in [2.75, 3.05) is 13.2 Å². The molecule has 1 fully saturated rings. The standard InChI is InChI=1S/C6H13NO12S3/c8-20(9,10)7-5-3-17-4(2-18-21(11,12)13)1-6(5)19-22(14,15)16/h4-7H,1-3H2,(H,8,9,10)(H,11,12,13)(H,14,15,16)/p-3/t4?,5-,6?/m1/s1. The Morgan fingerprint density at radius 2 is 1.64 bits per heavy atom. The van der Waals surface area contributed by atoms with E-state index < -0.39 is 69.0 Å². The highest BCUT2D eigenvalue weighted by Crippen LogP contribution is 2.20. The maximum absolute atomic E-state index is 10.6. The van der Waals surface area contributed by atoms with E-state index in [4.69, 9.17) is 4.74 Å². The molecule has 2 unspecified atom stereocenters. The molecule has 1 aliphatic heterocycles. The fraction of sp³-hybridized carbons (Fsp3) is 1.00. The summed E-state index contributed by atoms with van der Waals surface area (Å²) in [5.41, 5.74) is 0. The van der Waals surface area contributed by atoms with Gasteiger partial charge in [-0.25, -0.2) is 30.0 Å². The average molecular weight is 384 g/mol. The molecule has 1 N–H and O–H groups in total. The summed E-state index contributed by atoms with van der Waals surface area (Å²) >= 11 is 0. The average Bonchev–Trinajstić information content (AvgIpc) is 2.24. The quantitative estimate of drug-likeness (QED) is 0.335. The zero-order valence-electron chi connectivity index (χ0n) is 10.5. The molecule has 0 amide bonds. The molecule has 1 heterocycles. The Labute approximate surface area is 126 Å². The summed E-state index contributed by atoms with van der Waals surface area (Å²) in [6.07, 6.45) is -3.34. The van der Waals surface area contributed by atoms with Crippen molar-refractivity contribution in [2.45, 2.75) is 24.7 Å². The maximum atomic E-state index is 10.6. The second-order valence-electron chi connectivity index (χ2n) is 4.11. The smallest absolute Gasteiger partial charge is 0.217 e. The first-order valence-corrected chi connectivity index (χ1v) is 9.42. The predicted molar refractivity (Wildman–Crippen MR) is 61.2 cm³/mol. The Kier molecular flexibility index (Phi) is 6.23. The monoisotopic (exact) mass is 384 g/mol. The number of rotatable bonds is 7. The highest BCUT2D eigenvalue weighted by Gasteiger charge is 2.35. The molecule has 16 heteroatoms. The van der Waals surface area contributed by atoms with Gasteiger partial charge in [-0.2, -0.15) is 0 Å². The maximum Gasteiger partial charge on any atom is 0.217 e. The minimum atomic E-state index is -5.24. The summed E-state index contributed by atoms with van der Waals surface area (Å²) in [4.78, 5) is 0. The van der Waals surface area contributed by atoms with Crippen LogP contribution < -0.4 is 4.72 Å². The molecule has 0 bridgehead atoms. The second-order valence-corrected chi connectivity index (χ2v) is 7.31. The van der Waals surface area contributed by atoms with Gasteiger partial charge in [0.15, 0.2) is 10.3 Å². The van der Waals surface area contributed by atoms with Crippen LogP contribution in [0.15, 0.2) is 0 Å². The predicted octanol–water partition coefficient (Wildman–Crippen LogP) is -3.48. The summed E-state index contributed by atoms with van der Waals surface area (Å²) in [6, 6.07) is -1.49. The van der Waals surface area contributed by atoms with E-state index in [2.05, 4.69) is 8.37 Å². The van der Waals surface area contributed by atoms with Crippen molar-refractivity contribution < 1.29 is 52.0 Å². The minimum absolute atomic E-state index is 0.524. The topological polar surface area (TPSA) is 211 Å². The summed E-state index contributed by atoms with van der Waals surface area (Å²) in [7, 11) is -15.3. The van der Waals surface area contributed by atoms with Crippen molar-refractivity contribution in [2.24, 2.45) is 0 Å². The Hall–Kier alpha value is -0.430. The number of ether oxygens (including phenoxy) is 1. The van der Waals surface area contributed by atoms with Crippen molar-refractivity contribution in [3.8, 4) is 0 Å². The van der Waals surface area contributed by atoms with Gasteiger partial charge in [-0.05, 0) is 0 Å². The van der Waals surface area contributed by atoms with Crippen LogP contribution in [0, 0.1) is 0 Å². The Morgan fingerprint density at radius 1 is 1.05 bits per heavy atom. The van der Waals surface area contributed by atoms with Crippen molar-refractivity contribution >= 4 is 31.1 Å². The number of hydrogen-bond donors (Lipinski definition) is 1. The van der Waals surface area contributed by atoms with E-state index in [0.717, 1.165) is 0 Å². The SMILES string of the molecule is O=S(=O)([O-])N[C@@H]1COC(COS(=O)(=O)[O-])CC1OS(=O)(=O)[O-]. The highest BCUT2D eigenvalue weighted by molar-refractivity contribution is 7.83. The zero-order chi connectivity index (χ0) is 17.2. The van der Waals surface area contributed by atoms with Gasteiger partial charge in [-0.1, -0.05) is 0 Å². The normalized spacial score (nSPS) is 27.7. The molecule has 0 aromatic carbocycles. The first-order chi connectivity index (χ1) is 9.75. The first-order valence-electron chi connectivity index (χ1n) is 5.34. The third-order valence-electron chi connectivity index (χ3n) is 2.39. The van der Waals surface area contributed by atoms with Crippen molar-refractivity contribution in [3.05, 3.63) is 0 Å². The molecule has 0 saturated carbocycles. The van der Waals surface area contributed by atoms with Gasteiger partial charge in [0.1, 0.15) is 0 Å². The summed E-state index contributed by atoms with van der Waals surface area (Å²) < 4.78 is 109. The number of nitrogens with one attached hydrogen (secondary N) is 1. The van der Waals surface area contributed by atoms with Crippen LogP contribution in [-0.2, 0) is 44.2 Å². The third kappa shape index (κ3) is 8.27. The highest BCUT2D eigenvalue weighted by atomic mass is 32.3. The van der Waals surface area contributed by atoms with Gasteiger partial charge in [0.05, 0.1) is 31.5 Å². The molecular weight excluding hydrogens is 374 g/mol. The van der Waals surface area contributed by atoms with Gasteiger partial charge in [0.2, 0.25) is 20.8 Å². The zero-order valence-corrected chi connectivity index (χ0v) is 12.9. The molecule has 22 heavy (non-hydrogen) atoms. The lowest BCUT2D eigenvalue weighted by atomic mass is 10.0. The van der Waals surface area contributed by atoms with Crippen LogP contribution in [0.3, 0.4) is 0 Å². The lowest BCUT2D eigenvalue weighted by Gasteiger charge is -2.36. The van der Waals surface area contributed by atoms with E-state index in [0.29, 0.717) is 0 Å². The molecular formula is C6H10NO12S3-3. The van der Waals surface area contributed by atoms with Crippen molar-refractivity contribution in [1.82, 2.24) is 4.72 Å². The van der Waals surface area contributed by atoms with Gasteiger partial charge >= 0.3 is 0 Å². The molecule has 0 aromatic heterocycles. The largest absolute Gasteiger partial charge is 0.735 e. The molecule has 0 radical (unpaired) electrons. The minimum Gasteiger partial charge on any atom is -0.735 e. The van der Waals surface area contributed by atoms with E-state index in [1.54, 1.807) is 0 Å². The van der Waals surface area contributed by atoms with E-state index in [9.17, 15) is 38.9 Å². The third-order valence-corrected chi connectivity index (χ3v) is 3.89.